The lowest BCUT2D eigenvalue weighted by atomic mass is 9.49. The van der Waals surface area contributed by atoms with Crippen LogP contribution in [0.1, 0.15) is 80.8 Å². The number of ether oxygens (including phenoxy) is 3. The minimum absolute atomic E-state index is 0.0670. The average molecular weight is 389 g/mol. The number of hydrogen-bond acceptors (Lipinski definition) is 5. The van der Waals surface area contributed by atoms with Crippen LogP contribution in [-0.2, 0) is 14.9 Å². The number of benzene rings is 1. The van der Waals surface area contributed by atoms with Crippen molar-refractivity contribution < 1.29 is 23.8 Å². The third-order valence-corrected chi connectivity index (χ3v) is 7.14. The quantitative estimate of drug-likeness (QED) is 0.703. The molecule has 3 rings (SSSR count). The summed E-state index contributed by atoms with van der Waals surface area (Å²) in [5, 5.41) is 0. The molecule has 0 unspecified atom stereocenters. The van der Waals surface area contributed by atoms with Crippen molar-refractivity contribution >= 4 is 11.8 Å². The van der Waals surface area contributed by atoms with Gasteiger partial charge in [-0.2, -0.15) is 0 Å². The van der Waals surface area contributed by atoms with Gasteiger partial charge >= 0.3 is 5.97 Å². The van der Waals surface area contributed by atoms with Crippen LogP contribution in [0.3, 0.4) is 0 Å². The third kappa shape index (κ3) is 2.73. The molecule has 0 aliphatic heterocycles. The summed E-state index contributed by atoms with van der Waals surface area (Å²) >= 11 is 0. The second-order valence-corrected chi connectivity index (χ2v) is 8.97. The Morgan fingerprint density at radius 1 is 1.11 bits per heavy atom. The van der Waals surface area contributed by atoms with Gasteiger partial charge in [0.25, 0.3) is 0 Å². The van der Waals surface area contributed by atoms with Gasteiger partial charge < -0.3 is 14.2 Å². The Labute approximate surface area is 167 Å². The van der Waals surface area contributed by atoms with E-state index in [1.54, 1.807) is 14.2 Å². The fourth-order valence-corrected chi connectivity index (χ4v) is 5.68. The van der Waals surface area contributed by atoms with E-state index in [1.165, 1.54) is 7.11 Å². The number of Topliss-reactive ketones (excluding diaryl/α,β-unsaturated/α-hetero) is 1. The smallest absolute Gasteiger partial charge is 0.311 e. The zero-order valence-corrected chi connectivity index (χ0v) is 18.1. The highest BCUT2D eigenvalue weighted by molar-refractivity contribution is 6.01. The summed E-state index contributed by atoms with van der Waals surface area (Å²) in [4.78, 5) is 26.0. The molecule has 0 radical (unpaired) electrons. The number of carbonyl (C=O) groups is 2. The Morgan fingerprint density at radius 2 is 1.75 bits per heavy atom. The van der Waals surface area contributed by atoms with Gasteiger partial charge in [-0.05, 0) is 37.7 Å². The molecule has 0 bridgehead atoms. The first kappa shape index (κ1) is 20.7. The molecule has 0 heterocycles. The number of carbonyl (C=O) groups excluding carboxylic acids is 2. The van der Waals surface area contributed by atoms with Gasteiger partial charge in [0.1, 0.15) is 0 Å². The van der Waals surface area contributed by atoms with Crippen molar-refractivity contribution in [2.75, 3.05) is 21.3 Å². The van der Waals surface area contributed by atoms with Crippen molar-refractivity contribution in [2.45, 2.75) is 64.7 Å². The van der Waals surface area contributed by atoms with E-state index in [2.05, 4.69) is 20.8 Å². The SMILES string of the molecule is COC(=O)[C@]1(C)CCC[C@]2(C)c3c(cc(C(C)C)c(OC)c3OC)C(=O)C[C@@H]12. The monoisotopic (exact) mass is 388 g/mol. The number of esters is 1. The van der Waals surface area contributed by atoms with Crippen molar-refractivity contribution in [3.8, 4) is 11.5 Å². The lowest BCUT2D eigenvalue weighted by molar-refractivity contribution is -0.160. The fourth-order valence-electron chi connectivity index (χ4n) is 5.68. The van der Waals surface area contributed by atoms with Gasteiger partial charge in [0.2, 0.25) is 0 Å². The largest absolute Gasteiger partial charge is 0.493 e. The lowest BCUT2D eigenvalue weighted by Gasteiger charge is -2.53. The second-order valence-electron chi connectivity index (χ2n) is 8.97. The molecule has 1 saturated carbocycles. The summed E-state index contributed by atoms with van der Waals surface area (Å²) in [6.45, 7) is 8.28. The van der Waals surface area contributed by atoms with Crippen LogP contribution >= 0.6 is 0 Å². The van der Waals surface area contributed by atoms with Crippen LogP contribution in [0.15, 0.2) is 6.07 Å². The molecular weight excluding hydrogens is 356 g/mol. The highest BCUT2D eigenvalue weighted by atomic mass is 16.5. The number of hydrogen-bond donors (Lipinski definition) is 0. The standard InChI is InChI=1S/C23H32O5/c1-13(2)14-11-15-16(24)12-17-22(3,18(15)20(27-6)19(14)26-5)9-8-10-23(17,4)21(25)28-7/h11,13,17H,8-10,12H2,1-7H3/t17-,22+,23-/m1/s1. The van der Waals surface area contributed by atoms with Crippen molar-refractivity contribution in [3.63, 3.8) is 0 Å². The normalized spacial score (nSPS) is 29.1. The minimum atomic E-state index is -0.690. The summed E-state index contributed by atoms with van der Waals surface area (Å²) in [5.41, 5.74) is 1.53. The number of fused-ring (bicyclic) bond motifs is 3. The number of rotatable bonds is 4. The lowest BCUT2D eigenvalue weighted by Crippen LogP contribution is -2.54. The predicted octanol–water partition coefficient (Wildman–Crippen LogP) is 4.65. The molecule has 0 aromatic heterocycles. The van der Waals surface area contributed by atoms with Gasteiger partial charge in [-0.1, -0.05) is 27.2 Å². The van der Waals surface area contributed by atoms with Gasteiger partial charge in [0, 0.05) is 28.5 Å². The molecule has 0 saturated heterocycles. The first-order valence-electron chi connectivity index (χ1n) is 10.1. The molecule has 3 atom stereocenters. The summed E-state index contributed by atoms with van der Waals surface area (Å²) in [6.07, 6.45) is 2.86. The third-order valence-electron chi connectivity index (χ3n) is 7.14. The molecule has 1 aromatic rings. The van der Waals surface area contributed by atoms with Crippen molar-refractivity contribution in [1.82, 2.24) is 0 Å². The van der Waals surface area contributed by atoms with Crippen molar-refractivity contribution in [1.29, 1.82) is 0 Å². The Morgan fingerprint density at radius 3 is 2.29 bits per heavy atom. The molecule has 0 spiro atoms. The zero-order valence-electron chi connectivity index (χ0n) is 18.1. The zero-order chi connectivity index (χ0) is 20.9. The summed E-state index contributed by atoms with van der Waals surface area (Å²) < 4.78 is 16.8. The number of methoxy groups -OCH3 is 3. The van der Waals surface area contributed by atoms with Gasteiger partial charge in [0.15, 0.2) is 17.3 Å². The van der Waals surface area contributed by atoms with Crippen LogP contribution in [0.4, 0.5) is 0 Å². The molecule has 1 aromatic carbocycles. The molecule has 2 aliphatic carbocycles. The van der Waals surface area contributed by atoms with Crippen molar-refractivity contribution in [2.24, 2.45) is 11.3 Å². The minimum Gasteiger partial charge on any atom is -0.493 e. The predicted molar refractivity (Wildman–Crippen MR) is 107 cm³/mol. The van der Waals surface area contributed by atoms with Crippen LogP contribution in [0.5, 0.6) is 11.5 Å². The maximum Gasteiger partial charge on any atom is 0.311 e. The highest BCUT2D eigenvalue weighted by Crippen LogP contribution is 2.61. The van der Waals surface area contributed by atoms with Gasteiger partial charge in [0.05, 0.1) is 26.7 Å². The Bertz CT molecular complexity index is 812. The molecular formula is C23H32O5. The topological polar surface area (TPSA) is 61.8 Å². The van der Waals surface area contributed by atoms with E-state index in [4.69, 9.17) is 14.2 Å². The van der Waals surface area contributed by atoms with E-state index < -0.39 is 5.41 Å². The van der Waals surface area contributed by atoms with Crippen LogP contribution in [0, 0.1) is 11.3 Å². The molecule has 0 N–H and O–H groups in total. The first-order valence-corrected chi connectivity index (χ1v) is 10.1. The van der Waals surface area contributed by atoms with Crippen molar-refractivity contribution in [3.05, 3.63) is 22.8 Å². The molecule has 5 heteroatoms. The first-order chi connectivity index (χ1) is 13.2. The van der Waals surface area contributed by atoms with E-state index in [0.29, 0.717) is 23.5 Å². The van der Waals surface area contributed by atoms with E-state index in [9.17, 15) is 9.59 Å². The van der Waals surface area contributed by atoms with Gasteiger partial charge in [-0.3, -0.25) is 9.59 Å². The van der Waals surface area contributed by atoms with Gasteiger partial charge in [-0.25, -0.2) is 0 Å². The average Bonchev–Trinajstić information content (AvgIpc) is 2.67. The molecule has 1 fully saturated rings. The maximum atomic E-state index is 13.3. The van der Waals surface area contributed by atoms with E-state index >= 15 is 0 Å². The molecule has 28 heavy (non-hydrogen) atoms. The second kappa shape index (κ2) is 7.09. The van der Waals surface area contributed by atoms with Crippen LogP contribution in [-0.4, -0.2) is 33.1 Å². The molecule has 2 aliphatic rings. The van der Waals surface area contributed by atoms with Gasteiger partial charge in [-0.15, -0.1) is 0 Å². The van der Waals surface area contributed by atoms with E-state index in [0.717, 1.165) is 30.4 Å². The van der Waals surface area contributed by atoms with Crippen LogP contribution in [0.2, 0.25) is 0 Å². The highest BCUT2D eigenvalue weighted by Gasteiger charge is 2.58. The Hall–Kier alpha value is -2.04. The fraction of sp³-hybridized carbons (Fsp3) is 0.652. The summed E-state index contributed by atoms with van der Waals surface area (Å²) in [7, 11) is 4.69. The maximum absolute atomic E-state index is 13.3. The van der Waals surface area contributed by atoms with Crippen LogP contribution < -0.4 is 9.47 Å². The summed E-state index contributed by atoms with van der Waals surface area (Å²) in [6, 6.07) is 1.98. The summed E-state index contributed by atoms with van der Waals surface area (Å²) in [5.74, 6) is 1.22. The molecule has 0 amide bonds. The Kier molecular flexibility index (Phi) is 5.24. The van der Waals surface area contributed by atoms with Crippen LogP contribution in [0.25, 0.3) is 0 Å². The van der Waals surface area contributed by atoms with E-state index in [1.807, 2.05) is 13.0 Å². The number of ketones is 1. The Balaban J connectivity index is 2.32. The van der Waals surface area contributed by atoms with E-state index in [-0.39, 0.29) is 29.0 Å². The molecule has 154 valence electrons. The molecule has 5 nitrogen and oxygen atoms in total.